The Bertz CT molecular complexity index is 1270. The highest BCUT2D eigenvalue weighted by Gasteiger charge is 2.17. The maximum atomic E-state index is 13.8. The number of halogens is 1. The number of benzene rings is 2. The Balaban J connectivity index is 1.69. The van der Waals surface area contributed by atoms with Gasteiger partial charge in [-0.25, -0.2) is 4.39 Å². The number of fused-ring (bicyclic) bond motifs is 1. The predicted molar refractivity (Wildman–Crippen MR) is 122 cm³/mol. The van der Waals surface area contributed by atoms with Crippen LogP contribution >= 0.6 is 0 Å². The molecule has 0 radical (unpaired) electrons. The van der Waals surface area contributed by atoms with Crippen LogP contribution in [-0.2, 0) is 17.9 Å². The average molecular weight is 430 g/mol. The monoisotopic (exact) mass is 430 g/mol. The van der Waals surface area contributed by atoms with Crippen molar-refractivity contribution in [3.8, 4) is 0 Å². The number of hydrogen-bond donors (Lipinski definition) is 2. The third-order valence-corrected chi connectivity index (χ3v) is 5.17. The molecule has 0 saturated carbocycles. The zero-order chi connectivity index (χ0) is 22.5. The van der Waals surface area contributed by atoms with Gasteiger partial charge in [0.25, 0.3) is 5.91 Å². The standard InChI is InChI=1S/C25H23FN4O2/c1-2-24(31)29-21-6-7-22-19(13-21)14-23(25(32)28-15-17-8-10-27-11-9-17)30(22)16-18-4-3-5-20(26)12-18/h3-14H,2,15-16H2,1H3,(H,28,32)(H,29,31). The Labute approximate surface area is 185 Å². The zero-order valence-corrected chi connectivity index (χ0v) is 17.6. The highest BCUT2D eigenvalue weighted by atomic mass is 19.1. The molecule has 4 rings (SSSR count). The van der Waals surface area contributed by atoms with Crippen molar-refractivity contribution in [1.82, 2.24) is 14.9 Å². The summed E-state index contributed by atoms with van der Waals surface area (Å²) in [6.45, 7) is 2.48. The normalized spacial score (nSPS) is 10.8. The number of nitrogens with one attached hydrogen (secondary N) is 2. The molecule has 0 aliphatic heterocycles. The van der Waals surface area contributed by atoms with Crippen LogP contribution in [0, 0.1) is 5.82 Å². The van der Waals surface area contributed by atoms with Crippen molar-refractivity contribution < 1.29 is 14.0 Å². The maximum Gasteiger partial charge on any atom is 0.268 e. The molecule has 162 valence electrons. The molecule has 4 aromatic rings. The Morgan fingerprint density at radius 3 is 2.56 bits per heavy atom. The molecule has 7 heteroatoms. The highest BCUT2D eigenvalue weighted by molar-refractivity contribution is 6.00. The van der Waals surface area contributed by atoms with Gasteiger partial charge in [0.2, 0.25) is 5.91 Å². The van der Waals surface area contributed by atoms with E-state index >= 15 is 0 Å². The molecule has 2 amide bonds. The molecule has 32 heavy (non-hydrogen) atoms. The van der Waals surface area contributed by atoms with Crippen LogP contribution < -0.4 is 10.6 Å². The lowest BCUT2D eigenvalue weighted by Gasteiger charge is -2.12. The van der Waals surface area contributed by atoms with Gasteiger partial charge in [-0.2, -0.15) is 0 Å². The molecule has 6 nitrogen and oxygen atoms in total. The van der Waals surface area contributed by atoms with Crippen LogP contribution in [0.5, 0.6) is 0 Å². The van der Waals surface area contributed by atoms with Crippen LogP contribution in [0.3, 0.4) is 0 Å². The molecule has 2 aromatic carbocycles. The van der Waals surface area contributed by atoms with Gasteiger partial charge < -0.3 is 15.2 Å². The zero-order valence-electron chi connectivity index (χ0n) is 17.6. The highest BCUT2D eigenvalue weighted by Crippen LogP contribution is 2.25. The molecule has 0 unspecified atom stereocenters. The second kappa shape index (κ2) is 9.43. The topological polar surface area (TPSA) is 76.0 Å². The number of pyridine rings is 1. The molecule has 2 N–H and O–H groups in total. The third kappa shape index (κ3) is 4.83. The van der Waals surface area contributed by atoms with Crippen molar-refractivity contribution in [3.63, 3.8) is 0 Å². The molecular formula is C25H23FN4O2. The van der Waals surface area contributed by atoms with E-state index in [2.05, 4.69) is 15.6 Å². The molecular weight excluding hydrogens is 407 g/mol. The van der Waals surface area contributed by atoms with Gasteiger partial charge in [0, 0.05) is 48.5 Å². The van der Waals surface area contributed by atoms with E-state index in [4.69, 9.17) is 0 Å². The van der Waals surface area contributed by atoms with Crippen LogP contribution in [-0.4, -0.2) is 21.4 Å². The van der Waals surface area contributed by atoms with E-state index in [0.717, 1.165) is 22.0 Å². The molecule has 0 saturated heterocycles. The van der Waals surface area contributed by atoms with Gasteiger partial charge in [-0.1, -0.05) is 19.1 Å². The van der Waals surface area contributed by atoms with Gasteiger partial charge >= 0.3 is 0 Å². The number of rotatable bonds is 7. The average Bonchev–Trinajstić information content (AvgIpc) is 3.15. The van der Waals surface area contributed by atoms with E-state index in [1.807, 2.05) is 34.9 Å². The molecule has 0 bridgehead atoms. The van der Waals surface area contributed by atoms with Crippen molar-refractivity contribution in [2.45, 2.75) is 26.4 Å². The summed E-state index contributed by atoms with van der Waals surface area (Å²) in [5.41, 5.74) is 3.62. The first-order valence-electron chi connectivity index (χ1n) is 10.4. The first-order chi connectivity index (χ1) is 15.5. The van der Waals surface area contributed by atoms with Crippen molar-refractivity contribution in [1.29, 1.82) is 0 Å². The molecule has 0 aliphatic rings. The summed E-state index contributed by atoms with van der Waals surface area (Å²) < 4.78 is 15.6. The fourth-order valence-electron chi connectivity index (χ4n) is 3.55. The number of nitrogens with zero attached hydrogens (tertiary/aromatic N) is 2. The van der Waals surface area contributed by atoms with Crippen LogP contribution in [0.1, 0.15) is 35.0 Å². The van der Waals surface area contributed by atoms with Gasteiger partial charge in [0.15, 0.2) is 0 Å². The van der Waals surface area contributed by atoms with Crippen molar-refractivity contribution >= 4 is 28.4 Å². The second-order valence-corrected chi connectivity index (χ2v) is 7.46. The Kier molecular flexibility index (Phi) is 6.26. The molecule has 0 atom stereocenters. The Morgan fingerprint density at radius 2 is 1.81 bits per heavy atom. The van der Waals surface area contributed by atoms with Crippen LogP contribution in [0.4, 0.5) is 10.1 Å². The largest absolute Gasteiger partial charge is 0.347 e. The third-order valence-electron chi connectivity index (χ3n) is 5.17. The second-order valence-electron chi connectivity index (χ2n) is 7.46. The number of hydrogen-bond acceptors (Lipinski definition) is 3. The van der Waals surface area contributed by atoms with E-state index in [0.29, 0.717) is 30.9 Å². The Hall–Kier alpha value is -4.00. The molecule has 0 aliphatic carbocycles. The smallest absolute Gasteiger partial charge is 0.268 e. The quantitative estimate of drug-likeness (QED) is 0.453. The van der Waals surface area contributed by atoms with Crippen LogP contribution in [0.25, 0.3) is 10.9 Å². The maximum absolute atomic E-state index is 13.8. The van der Waals surface area contributed by atoms with E-state index in [-0.39, 0.29) is 17.6 Å². The number of anilines is 1. The first-order valence-corrected chi connectivity index (χ1v) is 10.4. The lowest BCUT2D eigenvalue weighted by molar-refractivity contribution is -0.115. The van der Waals surface area contributed by atoms with E-state index < -0.39 is 0 Å². The molecule has 0 fully saturated rings. The number of amides is 2. The fourth-order valence-corrected chi connectivity index (χ4v) is 3.55. The van der Waals surface area contributed by atoms with Crippen molar-refractivity contribution in [2.24, 2.45) is 0 Å². The van der Waals surface area contributed by atoms with E-state index in [9.17, 15) is 14.0 Å². The summed E-state index contributed by atoms with van der Waals surface area (Å²) in [5.74, 6) is -0.653. The first kappa shape index (κ1) is 21.2. The van der Waals surface area contributed by atoms with E-state index in [1.54, 1.807) is 37.5 Å². The predicted octanol–water partition coefficient (Wildman–Crippen LogP) is 4.50. The van der Waals surface area contributed by atoms with Gasteiger partial charge in [-0.15, -0.1) is 0 Å². The van der Waals surface area contributed by atoms with Crippen molar-refractivity contribution in [2.75, 3.05) is 5.32 Å². The summed E-state index contributed by atoms with van der Waals surface area (Å²) in [6, 6.07) is 17.3. The van der Waals surface area contributed by atoms with Gasteiger partial charge in [-0.05, 0) is 59.7 Å². The van der Waals surface area contributed by atoms with Crippen molar-refractivity contribution in [3.05, 3.63) is 95.7 Å². The minimum atomic E-state index is -0.327. The van der Waals surface area contributed by atoms with Gasteiger partial charge in [-0.3, -0.25) is 14.6 Å². The lowest BCUT2D eigenvalue weighted by atomic mass is 10.2. The van der Waals surface area contributed by atoms with Crippen LogP contribution in [0.15, 0.2) is 73.1 Å². The Morgan fingerprint density at radius 1 is 1.00 bits per heavy atom. The summed E-state index contributed by atoms with van der Waals surface area (Å²) in [5, 5.41) is 6.59. The number of carbonyl (C=O) groups excluding carboxylic acids is 2. The van der Waals surface area contributed by atoms with E-state index in [1.165, 1.54) is 12.1 Å². The number of aromatic nitrogens is 2. The minimum absolute atomic E-state index is 0.0844. The van der Waals surface area contributed by atoms with Gasteiger partial charge in [0.05, 0.1) is 0 Å². The SMILES string of the molecule is CCC(=O)Nc1ccc2c(c1)cc(C(=O)NCc1ccncc1)n2Cc1cccc(F)c1. The summed E-state index contributed by atoms with van der Waals surface area (Å²) in [4.78, 5) is 28.8. The summed E-state index contributed by atoms with van der Waals surface area (Å²) in [6.07, 6.45) is 3.73. The van der Waals surface area contributed by atoms with Crippen LogP contribution in [0.2, 0.25) is 0 Å². The molecule has 2 aromatic heterocycles. The van der Waals surface area contributed by atoms with Gasteiger partial charge in [0.1, 0.15) is 11.5 Å². The lowest BCUT2D eigenvalue weighted by Crippen LogP contribution is -2.25. The number of carbonyl (C=O) groups is 2. The summed E-state index contributed by atoms with van der Waals surface area (Å²) >= 11 is 0. The molecule has 0 spiro atoms. The summed E-state index contributed by atoms with van der Waals surface area (Å²) in [7, 11) is 0. The minimum Gasteiger partial charge on any atom is -0.347 e. The molecule has 2 heterocycles. The fraction of sp³-hybridized carbons (Fsp3) is 0.160.